The van der Waals surface area contributed by atoms with Crippen molar-refractivity contribution in [3.8, 4) is 0 Å². The smallest absolute Gasteiger partial charge is 0.249 e. The Kier molecular flexibility index (Phi) is 4.36. The number of carbonyl (C=O) groups is 1. The fourth-order valence-electron chi connectivity index (χ4n) is 2.13. The van der Waals surface area contributed by atoms with E-state index in [9.17, 15) is 4.79 Å². The monoisotopic (exact) mass is 251 g/mol. The molecule has 0 spiro atoms. The van der Waals surface area contributed by atoms with Gasteiger partial charge in [0.25, 0.3) is 0 Å². The third kappa shape index (κ3) is 3.32. The average Bonchev–Trinajstić information content (AvgIpc) is 2.95. The number of hydrogen-bond acceptors (Lipinski definition) is 3. The van der Waals surface area contributed by atoms with E-state index in [1.165, 1.54) is 0 Å². The Morgan fingerprint density at radius 1 is 1.67 bits per heavy atom. The summed E-state index contributed by atoms with van der Waals surface area (Å²) >= 11 is 0. The number of amides is 1. The van der Waals surface area contributed by atoms with Crippen LogP contribution in [0, 0.1) is 5.92 Å². The van der Waals surface area contributed by atoms with Gasteiger partial charge in [-0.1, -0.05) is 13.8 Å². The molecule has 1 aromatic heterocycles. The summed E-state index contributed by atoms with van der Waals surface area (Å²) in [5.74, 6) is 0.552. The molecule has 5 nitrogen and oxygen atoms in total. The zero-order chi connectivity index (χ0) is 13.0. The number of nitrogens with zero attached hydrogens (tertiary/aromatic N) is 2. The van der Waals surface area contributed by atoms with Crippen molar-refractivity contribution in [2.24, 2.45) is 5.92 Å². The fourth-order valence-corrected chi connectivity index (χ4v) is 2.13. The lowest BCUT2D eigenvalue weighted by molar-refractivity contribution is -0.130. The van der Waals surface area contributed by atoms with Gasteiger partial charge in [0, 0.05) is 19.3 Å². The minimum absolute atomic E-state index is 0.00945. The van der Waals surface area contributed by atoms with E-state index in [-0.39, 0.29) is 12.0 Å². The van der Waals surface area contributed by atoms with Gasteiger partial charge in [-0.05, 0) is 18.8 Å². The molecule has 0 bridgehead atoms. The first-order valence-corrected chi connectivity index (χ1v) is 6.55. The standard InChI is InChI=1S/C13H21N3O2/c1-10(2)8-16-9-14-6-11(16)7-15-13(17)12-4-3-5-18-12/h6,9-10,12H,3-5,7-8H2,1-2H3,(H,15,17)/t12-/m1/s1. The van der Waals surface area contributed by atoms with Crippen molar-refractivity contribution in [1.29, 1.82) is 0 Å². The SMILES string of the molecule is CC(C)Cn1cncc1CNC(=O)[C@H]1CCCO1. The number of ether oxygens (including phenoxy) is 1. The summed E-state index contributed by atoms with van der Waals surface area (Å²) in [5.41, 5.74) is 1.04. The second-order valence-corrected chi connectivity index (χ2v) is 5.15. The highest BCUT2D eigenvalue weighted by molar-refractivity contribution is 5.80. The molecule has 1 amide bonds. The van der Waals surface area contributed by atoms with Crippen molar-refractivity contribution in [3.63, 3.8) is 0 Å². The van der Waals surface area contributed by atoms with Crippen molar-refractivity contribution in [2.45, 2.75) is 45.9 Å². The van der Waals surface area contributed by atoms with E-state index in [0.29, 0.717) is 19.1 Å². The van der Waals surface area contributed by atoms with Crippen LogP contribution in [0.1, 0.15) is 32.4 Å². The summed E-state index contributed by atoms with van der Waals surface area (Å²) < 4.78 is 7.43. The van der Waals surface area contributed by atoms with Gasteiger partial charge in [0.2, 0.25) is 5.91 Å². The number of hydrogen-bond donors (Lipinski definition) is 1. The van der Waals surface area contributed by atoms with Gasteiger partial charge in [0.1, 0.15) is 6.10 Å². The van der Waals surface area contributed by atoms with Crippen LogP contribution in [-0.2, 0) is 22.6 Å². The molecule has 0 aromatic carbocycles. The van der Waals surface area contributed by atoms with Crippen molar-refractivity contribution in [2.75, 3.05) is 6.61 Å². The van der Waals surface area contributed by atoms with Crippen molar-refractivity contribution in [3.05, 3.63) is 18.2 Å². The van der Waals surface area contributed by atoms with E-state index < -0.39 is 0 Å². The molecular formula is C13H21N3O2. The normalized spacial score (nSPS) is 19.4. The van der Waals surface area contributed by atoms with E-state index in [1.54, 1.807) is 6.20 Å². The number of aromatic nitrogens is 2. The minimum atomic E-state index is -0.258. The molecule has 0 saturated carbocycles. The molecule has 1 aliphatic heterocycles. The predicted molar refractivity (Wildman–Crippen MR) is 67.9 cm³/mol. The zero-order valence-corrected chi connectivity index (χ0v) is 11.1. The Hall–Kier alpha value is -1.36. The van der Waals surface area contributed by atoms with Crippen molar-refractivity contribution in [1.82, 2.24) is 14.9 Å². The lowest BCUT2D eigenvalue weighted by Gasteiger charge is -2.13. The topological polar surface area (TPSA) is 56.2 Å². The molecule has 18 heavy (non-hydrogen) atoms. The van der Waals surface area contributed by atoms with Gasteiger partial charge in [0.05, 0.1) is 18.6 Å². The summed E-state index contributed by atoms with van der Waals surface area (Å²) in [7, 11) is 0. The molecule has 1 saturated heterocycles. The third-order valence-electron chi connectivity index (χ3n) is 3.03. The first kappa shape index (κ1) is 13.1. The van der Waals surface area contributed by atoms with Gasteiger partial charge < -0.3 is 14.6 Å². The number of imidazole rings is 1. The van der Waals surface area contributed by atoms with Gasteiger partial charge in [-0.15, -0.1) is 0 Å². The Bertz CT molecular complexity index is 395. The first-order chi connectivity index (χ1) is 8.66. The largest absolute Gasteiger partial charge is 0.368 e. The molecule has 2 rings (SSSR count). The average molecular weight is 251 g/mol. The third-order valence-corrected chi connectivity index (χ3v) is 3.03. The number of carbonyl (C=O) groups excluding carboxylic acids is 1. The maximum absolute atomic E-state index is 11.8. The maximum Gasteiger partial charge on any atom is 0.249 e. The molecule has 0 unspecified atom stereocenters. The second-order valence-electron chi connectivity index (χ2n) is 5.15. The molecule has 2 heterocycles. The molecule has 1 fully saturated rings. The van der Waals surface area contributed by atoms with E-state index >= 15 is 0 Å². The summed E-state index contributed by atoms with van der Waals surface area (Å²) in [6, 6.07) is 0. The maximum atomic E-state index is 11.8. The van der Waals surface area contributed by atoms with Crippen LogP contribution in [0.15, 0.2) is 12.5 Å². The summed E-state index contributed by atoms with van der Waals surface area (Å²) in [6.45, 7) is 6.46. The molecule has 100 valence electrons. The summed E-state index contributed by atoms with van der Waals surface area (Å²) in [5, 5.41) is 2.92. The Labute approximate surface area is 108 Å². The Morgan fingerprint density at radius 3 is 3.17 bits per heavy atom. The molecule has 0 radical (unpaired) electrons. The van der Waals surface area contributed by atoms with Gasteiger partial charge >= 0.3 is 0 Å². The van der Waals surface area contributed by atoms with Gasteiger partial charge in [-0.25, -0.2) is 4.98 Å². The van der Waals surface area contributed by atoms with E-state index in [1.807, 2.05) is 6.33 Å². The highest BCUT2D eigenvalue weighted by Gasteiger charge is 2.23. The highest BCUT2D eigenvalue weighted by Crippen LogP contribution is 2.12. The first-order valence-electron chi connectivity index (χ1n) is 6.55. The van der Waals surface area contributed by atoms with E-state index in [2.05, 4.69) is 28.7 Å². The zero-order valence-electron chi connectivity index (χ0n) is 11.1. The quantitative estimate of drug-likeness (QED) is 0.859. The number of nitrogens with one attached hydrogen (secondary N) is 1. The lowest BCUT2D eigenvalue weighted by Crippen LogP contribution is -2.34. The number of rotatable bonds is 5. The van der Waals surface area contributed by atoms with Crippen LogP contribution in [0.3, 0.4) is 0 Å². The van der Waals surface area contributed by atoms with Crippen LogP contribution >= 0.6 is 0 Å². The lowest BCUT2D eigenvalue weighted by atomic mass is 10.2. The van der Waals surface area contributed by atoms with Gasteiger partial charge in [-0.2, -0.15) is 0 Å². The molecule has 1 aromatic rings. The van der Waals surface area contributed by atoms with Crippen LogP contribution in [-0.4, -0.2) is 28.2 Å². The van der Waals surface area contributed by atoms with Crippen LogP contribution < -0.4 is 5.32 Å². The second kappa shape index (κ2) is 6.00. The van der Waals surface area contributed by atoms with E-state index in [4.69, 9.17) is 4.74 Å². The molecular weight excluding hydrogens is 230 g/mol. The van der Waals surface area contributed by atoms with Crippen LogP contribution in [0.2, 0.25) is 0 Å². The Morgan fingerprint density at radius 2 is 2.50 bits per heavy atom. The van der Waals surface area contributed by atoms with Crippen LogP contribution in [0.4, 0.5) is 0 Å². The van der Waals surface area contributed by atoms with Crippen molar-refractivity contribution >= 4 is 5.91 Å². The van der Waals surface area contributed by atoms with Gasteiger partial charge in [-0.3, -0.25) is 4.79 Å². The minimum Gasteiger partial charge on any atom is -0.368 e. The molecule has 1 atom stereocenters. The van der Waals surface area contributed by atoms with Crippen LogP contribution in [0.5, 0.6) is 0 Å². The predicted octanol–water partition coefficient (Wildman–Crippen LogP) is 1.33. The van der Waals surface area contributed by atoms with E-state index in [0.717, 1.165) is 25.1 Å². The van der Waals surface area contributed by atoms with Crippen LogP contribution in [0.25, 0.3) is 0 Å². The fraction of sp³-hybridized carbons (Fsp3) is 0.692. The molecule has 5 heteroatoms. The molecule has 0 aliphatic carbocycles. The summed E-state index contributed by atoms with van der Waals surface area (Å²) in [6.07, 6.45) is 5.16. The van der Waals surface area contributed by atoms with Crippen molar-refractivity contribution < 1.29 is 9.53 Å². The molecule has 1 aliphatic rings. The molecule has 1 N–H and O–H groups in total. The van der Waals surface area contributed by atoms with Gasteiger partial charge in [0.15, 0.2) is 0 Å². The highest BCUT2D eigenvalue weighted by atomic mass is 16.5. The summed E-state index contributed by atoms with van der Waals surface area (Å²) in [4.78, 5) is 15.9. The Balaban J connectivity index is 1.85.